The number of aryl methyl sites for hydroxylation is 2. The zero-order valence-corrected chi connectivity index (χ0v) is 19.0. The van der Waals surface area contributed by atoms with Crippen molar-refractivity contribution in [1.82, 2.24) is 4.57 Å². The number of para-hydroxylation sites is 1. The summed E-state index contributed by atoms with van der Waals surface area (Å²) in [6, 6.07) is 10.5. The third-order valence-electron chi connectivity index (χ3n) is 5.97. The lowest BCUT2D eigenvalue weighted by Crippen LogP contribution is -2.33. The molecule has 7 nitrogen and oxygen atoms in total. The minimum absolute atomic E-state index is 0.0675. The molecule has 1 amide bonds. The Hall–Kier alpha value is -3.61. The van der Waals surface area contributed by atoms with Crippen molar-refractivity contribution in [3.05, 3.63) is 81.2 Å². The molecule has 33 heavy (non-hydrogen) atoms. The van der Waals surface area contributed by atoms with Gasteiger partial charge >= 0.3 is 5.97 Å². The lowest BCUT2D eigenvalue weighted by Gasteiger charge is -2.21. The summed E-state index contributed by atoms with van der Waals surface area (Å²) in [4.78, 5) is 38.4. The number of esters is 1. The van der Waals surface area contributed by atoms with Crippen LogP contribution >= 0.6 is 0 Å². The Morgan fingerprint density at radius 1 is 1.09 bits per heavy atom. The summed E-state index contributed by atoms with van der Waals surface area (Å²) in [5, 5.41) is 2.81. The maximum absolute atomic E-state index is 13.5. The van der Waals surface area contributed by atoms with Gasteiger partial charge < -0.3 is 19.0 Å². The molecule has 4 rings (SSSR count). The minimum Gasteiger partial charge on any atom is -0.467 e. The van der Waals surface area contributed by atoms with Crippen molar-refractivity contribution in [1.29, 1.82) is 0 Å². The molecule has 0 saturated carbocycles. The molecule has 0 unspecified atom stereocenters. The van der Waals surface area contributed by atoms with E-state index in [0.717, 1.165) is 55.3 Å². The molecule has 0 atom stereocenters. The van der Waals surface area contributed by atoms with E-state index in [1.165, 1.54) is 6.92 Å². The molecule has 1 N–H and O–H groups in total. The van der Waals surface area contributed by atoms with Gasteiger partial charge in [-0.1, -0.05) is 25.0 Å². The zero-order valence-electron chi connectivity index (χ0n) is 19.0. The average molecular weight is 449 g/mol. The van der Waals surface area contributed by atoms with Crippen molar-refractivity contribution in [3.8, 4) is 5.75 Å². The van der Waals surface area contributed by atoms with Crippen LogP contribution < -0.4 is 15.6 Å². The van der Waals surface area contributed by atoms with E-state index >= 15 is 0 Å². The van der Waals surface area contributed by atoms with E-state index in [1.807, 2.05) is 6.07 Å². The number of carbonyl (C=O) groups is 2. The Morgan fingerprint density at radius 2 is 1.88 bits per heavy atom. The van der Waals surface area contributed by atoms with E-state index in [4.69, 9.17) is 9.15 Å². The molecule has 1 aromatic carbocycles. The van der Waals surface area contributed by atoms with E-state index in [1.54, 1.807) is 48.1 Å². The molecule has 0 spiro atoms. The predicted molar refractivity (Wildman–Crippen MR) is 125 cm³/mol. The number of furan rings is 1. The number of amides is 1. The number of pyridine rings is 1. The Bertz CT molecular complexity index is 1220. The van der Waals surface area contributed by atoms with Gasteiger partial charge in [0.05, 0.1) is 18.5 Å². The maximum Gasteiger partial charge on any atom is 0.308 e. The van der Waals surface area contributed by atoms with Crippen molar-refractivity contribution in [3.63, 3.8) is 0 Å². The van der Waals surface area contributed by atoms with Gasteiger partial charge in [0.25, 0.3) is 11.5 Å². The van der Waals surface area contributed by atoms with Crippen molar-refractivity contribution < 1.29 is 18.7 Å². The van der Waals surface area contributed by atoms with Gasteiger partial charge in [-0.25, -0.2) is 0 Å². The van der Waals surface area contributed by atoms with E-state index in [0.29, 0.717) is 11.4 Å². The number of aromatic nitrogens is 1. The Labute approximate surface area is 192 Å². The molecular formula is C26H28N2O5. The lowest BCUT2D eigenvalue weighted by atomic mass is 9.95. The average Bonchev–Trinajstić information content (AvgIpc) is 3.26. The first-order valence-corrected chi connectivity index (χ1v) is 11.3. The normalized spacial score (nSPS) is 13.5. The van der Waals surface area contributed by atoms with E-state index in [-0.39, 0.29) is 23.4 Å². The van der Waals surface area contributed by atoms with Gasteiger partial charge in [-0.15, -0.1) is 0 Å². The van der Waals surface area contributed by atoms with Gasteiger partial charge in [-0.2, -0.15) is 0 Å². The number of nitrogens with one attached hydrogen (secondary N) is 1. The van der Waals surface area contributed by atoms with Crippen molar-refractivity contribution in [2.75, 3.05) is 5.32 Å². The third kappa shape index (κ3) is 5.08. The molecule has 0 aliphatic heterocycles. The van der Waals surface area contributed by atoms with Gasteiger partial charge in [-0.3, -0.25) is 14.4 Å². The second kappa shape index (κ2) is 9.90. The van der Waals surface area contributed by atoms with Crippen LogP contribution in [-0.2, 0) is 24.2 Å². The third-order valence-corrected chi connectivity index (χ3v) is 5.97. The number of anilines is 1. The van der Waals surface area contributed by atoms with Crippen LogP contribution in [0.4, 0.5) is 5.69 Å². The fourth-order valence-corrected chi connectivity index (χ4v) is 4.34. The fourth-order valence-electron chi connectivity index (χ4n) is 4.34. The second-order valence-electron chi connectivity index (χ2n) is 8.41. The van der Waals surface area contributed by atoms with Crippen molar-refractivity contribution in [2.45, 2.75) is 58.9 Å². The van der Waals surface area contributed by atoms with Crippen LogP contribution in [0.2, 0.25) is 0 Å². The predicted octanol–water partition coefficient (Wildman–Crippen LogP) is 4.63. The monoisotopic (exact) mass is 448 g/mol. The van der Waals surface area contributed by atoms with Crippen LogP contribution in [0.15, 0.2) is 51.9 Å². The number of rotatable bonds is 5. The molecule has 1 aliphatic rings. The molecule has 3 aromatic rings. The number of hydrogen-bond donors (Lipinski definition) is 1. The van der Waals surface area contributed by atoms with E-state index in [2.05, 4.69) is 5.32 Å². The van der Waals surface area contributed by atoms with Crippen LogP contribution in [0.5, 0.6) is 5.75 Å². The van der Waals surface area contributed by atoms with Gasteiger partial charge in [0.1, 0.15) is 11.3 Å². The summed E-state index contributed by atoms with van der Waals surface area (Å²) in [5.74, 6) is -0.105. The van der Waals surface area contributed by atoms with Crippen LogP contribution in [0, 0.1) is 6.92 Å². The molecular weight excluding hydrogens is 420 g/mol. The molecule has 172 valence electrons. The molecule has 7 heteroatoms. The quantitative estimate of drug-likeness (QED) is 0.454. The number of nitrogens with zero attached hydrogens (tertiary/aromatic N) is 1. The van der Waals surface area contributed by atoms with Crippen LogP contribution in [0.25, 0.3) is 0 Å². The summed E-state index contributed by atoms with van der Waals surface area (Å²) in [6.45, 7) is 3.38. The highest BCUT2D eigenvalue weighted by molar-refractivity contribution is 6.05. The molecule has 0 radical (unpaired) electrons. The molecule has 2 aromatic heterocycles. The number of carbonyl (C=O) groups excluding carboxylic acids is 2. The Balaban J connectivity index is 1.76. The standard InChI is InChI=1S/C26H28N2O5/c1-17-9-7-13-23(33-18(2)29)24(17)27-25(30)21-15-19-10-5-3-4-6-12-22(19)28(26(21)31)16-20-11-8-14-32-20/h7-9,11,13-15H,3-6,10,12,16H2,1-2H3,(H,27,30). The first-order valence-electron chi connectivity index (χ1n) is 11.3. The van der Waals surface area contributed by atoms with Crippen molar-refractivity contribution in [2.24, 2.45) is 0 Å². The number of hydrogen-bond acceptors (Lipinski definition) is 5. The Morgan fingerprint density at radius 3 is 2.61 bits per heavy atom. The van der Waals surface area contributed by atoms with Crippen molar-refractivity contribution >= 4 is 17.6 Å². The SMILES string of the molecule is CC(=O)Oc1cccc(C)c1NC(=O)c1cc2c(n(Cc3ccco3)c1=O)CCCCCC2. The summed E-state index contributed by atoms with van der Waals surface area (Å²) in [6.07, 6.45) is 7.47. The molecule has 0 fully saturated rings. The summed E-state index contributed by atoms with van der Waals surface area (Å²) in [7, 11) is 0. The van der Waals surface area contributed by atoms with E-state index in [9.17, 15) is 14.4 Å². The molecule has 0 bridgehead atoms. The van der Waals surface area contributed by atoms with Crippen LogP contribution in [0.3, 0.4) is 0 Å². The lowest BCUT2D eigenvalue weighted by molar-refractivity contribution is -0.131. The summed E-state index contributed by atoms with van der Waals surface area (Å²) >= 11 is 0. The Kier molecular flexibility index (Phi) is 6.77. The van der Waals surface area contributed by atoms with Gasteiger partial charge in [0.15, 0.2) is 5.75 Å². The highest BCUT2D eigenvalue weighted by atomic mass is 16.5. The molecule has 0 saturated heterocycles. The van der Waals surface area contributed by atoms with Gasteiger partial charge in [-0.05, 0) is 68.0 Å². The largest absolute Gasteiger partial charge is 0.467 e. The number of ether oxygens (including phenoxy) is 1. The number of benzene rings is 1. The highest BCUT2D eigenvalue weighted by Crippen LogP contribution is 2.29. The summed E-state index contributed by atoms with van der Waals surface area (Å²) in [5.41, 5.74) is 2.81. The highest BCUT2D eigenvalue weighted by Gasteiger charge is 2.22. The molecule has 2 heterocycles. The zero-order chi connectivity index (χ0) is 23.4. The number of fused-ring (bicyclic) bond motifs is 1. The van der Waals surface area contributed by atoms with Crippen LogP contribution in [0.1, 0.15) is 65.5 Å². The molecule has 1 aliphatic carbocycles. The first-order chi connectivity index (χ1) is 15.9. The van der Waals surface area contributed by atoms with Gasteiger partial charge in [0, 0.05) is 12.6 Å². The van der Waals surface area contributed by atoms with Crippen LogP contribution in [-0.4, -0.2) is 16.4 Å². The first kappa shape index (κ1) is 22.6. The smallest absolute Gasteiger partial charge is 0.308 e. The van der Waals surface area contributed by atoms with E-state index < -0.39 is 11.9 Å². The second-order valence-corrected chi connectivity index (χ2v) is 8.41. The van der Waals surface area contributed by atoms with Gasteiger partial charge in [0.2, 0.25) is 0 Å². The topological polar surface area (TPSA) is 90.5 Å². The maximum atomic E-state index is 13.5. The summed E-state index contributed by atoms with van der Waals surface area (Å²) < 4.78 is 12.4. The minimum atomic E-state index is -0.527. The fraction of sp³-hybridized carbons (Fsp3) is 0.346.